The lowest BCUT2D eigenvalue weighted by atomic mass is 9.85. The first-order valence-corrected chi connectivity index (χ1v) is 14.4. The molecule has 2 N–H and O–H groups in total. The van der Waals surface area contributed by atoms with E-state index < -0.39 is 40.5 Å². The average Bonchev–Trinajstić information content (AvgIpc) is 2.96. The molecule has 2 saturated heterocycles. The van der Waals surface area contributed by atoms with Crippen molar-refractivity contribution in [3.63, 3.8) is 0 Å². The van der Waals surface area contributed by atoms with Crippen molar-refractivity contribution in [1.29, 1.82) is 0 Å². The number of benzene rings is 1. The van der Waals surface area contributed by atoms with Crippen LogP contribution in [0.1, 0.15) is 82.7 Å². The largest absolute Gasteiger partial charge is 0.458 e. The summed E-state index contributed by atoms with van der Waals surface area (Å²) in [7, 11) is 0. The highest BCUT2D eigenvalue weighted by Crippen LogP contribution is 2.35. The van der Waals surface area contributed by atoms with E-state index in [0.717, 1.165) is 11.6 Å². The third-order valence-corrected chi connectivity index (χ3v) is 6.42. The number of ketones is 1. The topological polar surface area (TPSA) is 156 Å². The summed E-state index contributed by atoms with van der Waals surface area (Å²) in [5.74, 6) is -2.77. The van der Waals surface area contributed by atoms with Gasteiger partial charge in [0.1, 0.15) is 18.8 Å². The first-order chi connectivity index (χ1) is 20.7. The van der Waals surface area contributed by atoms with Gasteiger partial charge in [0.2, 0.25) is 6.41 Å². The van der Waals surface area contributed by atoms with Gasteiger partial charge in [-0.3, -0.25) is 24.5 Å². The lowest BCUT2D eigenvalue weighted by Gasteiger charge is -2.44. The summed E-state index contributed by atoms with van der Waals surface area (Å²) in [6.45, 7) is 20.4. The monoisotopic (exact) mass is 664 g/mol. The highest BCUT2D eigenvalue weighted by molar-refractivity contribution is 5.90. The number of carbonyl (C=O) groups is 5. The zero-order valence-electron chi connectivity index (χ0n) is 27.8. The fourth-order valence-corrected chi connectivity index (χ4v) is 3.88. The van der Waals surface area contributed by atoms with Crippen LogP contribution in [0.3, 0.4) is 0 Å². The molecule has 0 radical (unpaired) electrons. The van der Waals surface area contributed by atoms with Gasteiger partial charge in [-0.05, 0) is 46.3 Å². The highest BCUT2D eigenvalue weighted by atomic mass is 16.7. The van der Waals surface area contributed by atoms with Gasteiger partial charge < -0.3 is 29.0 Å². The van der Waals surface area contributed by atoms with E-state index in [1.807, 2.05) is 58.0 Å². The fraction of sp³-hybridized carbons (Fsp3) is 0.571. The number of imide groups is 1. The molecule has 266 valence electrons. The Hall–Kier alpha value is -3.71. The molecule has 47 heavy (non-hydrogen) atoms. The summed E-state index contributed by atoms with van der Waals surface area (Å²) in [6, 6.07) is 9.51. The molecule has 0 aromatic heterocycles. The Balaban J connectivity index is 0. The number of hydrogen-bond donors (Lipinski definition) is 2. The molecule has 2 aliphatic rings. The number of nitrogens with one attached hydrogen (secondary N) is 2. The van der Waals surface area contributed by atoms with E-state index in [2.05, 4.69) is 17.2 Å². The van der Waals surface area contributed by atoms with Gasteiger partial charge in [0, 0.05) is 23.1 Å². The Morgan fingerprint density at radius 3 is 1.68 bits per heavy atom. The Kier molecular flexibility index (Phi) is 19.2. The number of ether oxygens (including phenoxy) is 5. The van der Waals surface area contributed by atoms with Gasteiger partial charge in [-0.15, -0.1) is 0 Å². The number of carbonyl (C=O) groups excluding carboxylic acids is 5. The van der Waals surface area contributed by atoms with E-state index in [-0.39, 0.29) is 32.5 Å². The first-order valence-electron chi connectivity index (χ1n) is 14.4. The Bertz CT molecular complexity index is 1210. The van der Waals surface area contributed by atoms with Crippen molar-refractivity contribution in [2.45, 2.75) is 108 Å². The molecule has 3 amide bonds. The number of amides is 3. The van der Waals surface area contributed by atoms with Gasteiger partial charge in [-0.25, -0.2) is 4.79 Å². The van der Waals surface area contributed by atoms with Crippen molar-refractivity contribution >= 4 is 30.0 Å². The van der Waals surface area contributed by atoms with Crippen LogP contribution in [0, 0.1) is 10.8 Å². The summed E-state index contributed by atoms with van der Waals surface area (Å²) in [5.41, 5.74) is 0.124. The van der Waals surface area contributed by atoms with Crippen LogP contribution in [-0.2, 0) is 54.3 Å². The van der Waals surface area contributed by atoms with Crippen LogP contribution in [0.4, 0.5) is 0 Å². The molecule has 0 unspecified atom stereocenters. The van der Waals surface area contributed by atoms with E-state index >= 15 is 0 Å². The van der Waals surface area contributed by atoms with Gasteiger partial charge in [0.25, 0.3) is 11.8 Å². The van der Waals surface area contributed by atoms with Crippen LogP contribution in [0.5, 0.6) is 0 Å². The minimum Gasteiger partial charge on any atom is -0.458 e. The molecule has 12 nitrogen and oxygen atoms in total. The minimum absolute atomic E-state index is 0. The van der Waals surface area contributed by atoms with Gasteiger partial charge >= 0.3 is 5.97 Å². The predicted octanol–water partition coefficient (Wildman–Crippen LogP) is 5.01. The van der Waals surface area contributed by atoms with Gasteiger partial charge in [0.05, 0.1) is 13.2 Å². The summed E-state index contributed by atoms with van der Waals surface area (Å²) in [4.78, 5) is 55.2. The molecule has 2 atom stereocenters. The Labute approximate surface area is 280 Å². The first kappa shape index (κ1) is 45.4. The molecule has 0 bridgehead atoms. The quantitative estimate of drug-likeness (QED) is 0.220. The van der Waals surface area contributed by atoms with Gasteiger partial charge in [0.15, 0.2) is 17.4 Å². The molecule has 12 heteroatoms. The van der Waals surface area contributed by atoms with Crippen molar-refractivity contribution in [2.24, 2.45) is 10.8 Å². The van der Waals surface area contributed by atoms with E-state index in [1.54, 1.807) is 27.7 Å². The number of hydrogen-bond acceptors (Lipinski definition) is 10. The molecular weight excluding hydrogens is 608 g/mol. The number of esters is 1. The Morgan fingerprint density at radius 2 is 1.28 bits per heavy atom. The predicted molar refractivity (Wildman–Crippen MR) is 179 cm³/mol. The summed E-state index contributed by atoms with van der Waals surface area (Å²) in [5, 5.41) is 4.66. The summed E-state index contributed by atoms with van der Waals surface area (Å²) >= 11 is 0. The summed E-state index contributed by atoms with van der Waals surface area (Å²) in [6.07, 6.45) is 2.87. The van der Waals surface area contributed by atoms with Crippen LogP contribution in [-0.4, -0.2) is 67.0 Å². The zero-order chi connectivity index (χ0) is 34.5. The molecule has 2 aliphatic heterocycles. The molecular formula is C35H56N2O10. The van der Waals surface area contributed by atoms with Gasteiger partial charge in [-0.1, -0.05) is 79.5 Å². The van der Waals surface area contributed by atoms with Crippen LogP contribution in [0.25, 0.3) is 0 Å². The second kappa shape index (κ2) is 19.8. The molecule has 2 heterocycles. The van der Waals surface area contributed by atoms with Crippen molar-refractivity contribution in [3.05, 3.63) is 60.8 Å². The number of rotatable bonds is 8. The van der Waals surface area contributed by atoms with Crippen LogP contribution in [0.15, 0.2) is 55.3 Å². The lowest BCUT2D eigenvalue weighted by molar-refractivity contribution is -0.304. The third-order valence-electron chi connectivity index (χ3n) is 6.42. The maximum atomic E-state index is 12.0. The smallest absolute Gasteiger partial charge is 0.330 e. The summed E-state index contributed by atoms with van der Waals surface area (Å²) < 4.78 is 27.0. The van der Waals surface area contributed by atoms with Crippen molar-refractivity contribution in [2.75, 3.05) is 13.2 Å². The molecule has 3 rings (SSSR count). The normalized spacial score (nSPS) is 21.2. The van der Waals surface area contributed by atoms with Crippen LogP contribution >= 0.6 is 0 Å². The molecule has 0 aliphatic carbocycles. The van der Waals surface area contributed by atoms with Crippen LogP contribution in [0.2, 0.25) is 0 Å². The molecule has 2 fully saturated rings. The van der Waals surface area contributed by atoms with Crippen molar-refractivity contribution in [1.82, 2.24) is 10.6 Å². The molecule has 1 aromatic rings. The van der Waals surface area contributed by atoms with E-state index in [0.29, 0.717) is 26.2 Å². The van der Waals surface area contributed by atoms with E-state index in [1.165, 1.54) is 19.2 Å². The maximum Gasteiger partial charge on any atom is 0.330 e. The van der Waals surface area contributed by atoms with E-state index in [4.69, 9.17) is 23.7 Å². The number of allylic oxidation sites excluding steroid dienone is 1. The second-order valence-electron chi connectivity index (χ2n) is 12.7. The fourth-order valence-electron chi connectivity index (χ4n) is 3.88. The van der Waals surface area contributed by atoms with Gasteiger partial charge in [-0.2, -0.15) is 0 Å². The standard InChI is InChI=1S/C13H21NO4.C10H17NO4.C10H10O2.2CH4/c1-9(15)6-7-14-11(16)10-12(2,3)8-17-13(4,5)18-10;1-9(2)5-14-10(3,4)15-7(9)8(13)11-6-12;1-2-10(11)12-8-9-6-4-3-5-7-9;;/h6-7,10H,8H2,1-5H3,(H,14,16);6-7H,5H2,1-4H3,(H,11,12,13);2-7H,1,8H2;2*1H4/b7-6+;;;;/t10-;7-;;;/m00.../s1. The molecule has 1 aromatic carbocycles. The maximum absolute atomic E-state index is 12.0. The zero-order valence-corrected chi connectivity index (χ0v) is 27.8. The average molecular weight is 665 g/mol. The molecule has 0 saturated carbocycles. The minimum atomic E-state index is -0.791. The third kappa shape index (κ3) is 16.6. The van der Waals surface area contributed by atoms with Crippen molar-refractivity contribution in [3.8, 4) is 0 Å². The Morgan fingerprint density at radius 1 is 0.830 bits per heavy atom. The van der Waals surface area contributed by atoms with Crippen molar-refractivity contribution < 1.29 is 47.7 Å². The SMILES string of the molecule is C.C.C=CC(=O)OCc1ccccc1.CC(=O)/C=C/NC(=O)[C@@H]1OC(C)(C)OCC1(C)C.CC1(C)OCC(C)(C)[C@H](C(=O)NC=O)O1. The second-order valence-corrected chi connectivity index (χ2v) is 12.7. The lowest BCUT2D eigenvalue weighted by Crippen LogP contribution is -2.56. The van der Waals surface area contributed by atoms with E-state index in [9.17, 15) is 24.0 Å². The van der Waals surface area contributed by atoms with Crippen LogP contribution < -0.4 is 10.6 Å². The molecule has 0 spiro atoms. The highest BCUT2D eigenvalue weighted by Gasteiger charge is 2.46.